The van der Waals surface area contributed by atoms with Crippen molar-refractivity contribution in [3.05, 3.63) is 83.9 Å². The Labute approximate surface area is 162 Å². The molecule has 0 amide bonds. The van der Waals surface area contributed by atoms with Crippen LogP contribution in [0.5, 0.6) is 5.75 Å². The van der Waals surface area contributed by atoms with Crippen LogP contribution in [-0.2, 0) is 6.42 Å². The first kappa shape index (κ1) is 17.8. The van der Waals surface area contributed by atoms with Gasteiger partial charge in [-0.05, 0) is 60.9 Å². The minimum Gasteiger partial charge on any atom is -0.494 e. The molecule has 0 spiro atoms. The number of nitrogens with zero attached hydrogens (tertiary/aromatic N) is 1. The Morgan fingerprint density at radius 1 is 1.00 bits per heavy atom. The first-order valence-corrected chi connectivity index (χ1v) is 9.19. The van der Waals surface area contributed by atoms with Gasteiger partial charge in [-0.2, -0.15) is 0 Å². The van der Waals surface area contributed by atoms with Gasteiger partial charge in [0.05, 0.1) is 23.2 Å². The summed E-state index contributed by atoms with van der Waals surface area (Å²) in [6, 6.07) is 23.0. The molecule has 3 aromatic carbocycles. The number of carboxylic acids is 1. The van der Waals surface area contributed by atoms with Crippen molar-refractivity contribution < 1.29 is 14.6 Å². The van der Waals surface area contributed by atoms with E-state index in [1.165, 1.54) is 5.56 Å². The minimum absolute atomic E-state index is 0.227. The summed E-state index contributed by atoms with van der Waals surface area (Å²) in [6.07, 6.45) is 1.96. The molecule has 0 aliphatic rings. The first-order chi connectivity index (χ1) is 13.7. The second-order valence-corrected chi connectivity index (χ2v) is 6.58. The maximum atomic E-state index is 11.1. The number of aromatic amines is 1. The average molecular weight is 372 g/mol. The van der Waals surface area contributed by atoms with Crippen LogP contribution in [0.4, 0.5) is 0 Å². The van der Waals surface area contributed by atoms with Gasteiger partial charge >= 0.3 is 5.97 Å². The summed E-state index contributed by atoms with van der Waals surface area (Å²) in [5, 5.41) is 9.10. The Bertz CT molecular complexity index is 1090. The Balaban J connectivity index is 1.39. The summed E-state index contributed by atoms with van der Waals surface area (Å²) < 4.78 is 5.82. The average Bonchev–Trinajstić information content (AvgIpc) is 3.16. The molecule has 0 saturated carbocycles. The van der Waals surface area contributed by atoms with Crippen LogP contribution >= 0.6 is 0 Å². The monoisotopic (exact) mass is 372 g/mol. The van der Waals surface area contributed by atoms with Crippen molar-refractivity contribution in [2.75, 3.05) is 6.61 Å². The van der Waals surface area contributed by atoms with E-state index in [1.807, 2.05) is 30.3 Å². The van der Waals surface area contributed by atoms with Gasteiger partial charge in [-0.15, -0.1) is 0 Å². The van der Waals surface area contributed by atoms with E-state index in [2.05, 4.69) is 34.2 Å². The predicted octanol–water partition coefficient (Wildman–Crippen LogP) is 4.94. The second kappa shape index (κ2) is 7.96. The fourth-order valence-corrected chi connectivity index (χ4v) is 3.10. The van der Waals surface area contributed by atoms with Crippen LogP contribution in [-0.4, -0.2) is 27.7 Å². The Morgan fingerprint density at radius 2 is 1.79 bits per heavy atom. The summed E-state index contributed by atoms with van der Waals surface area (Å²) >= 11 is 0. The van der Waals surface area contributed by atoms with Crippen LogP contribution in [0.2, 0.25) is 0 Å². The lowest BCUT2D eigenvalue weighted by molar-refractivity contribution is 0.0697. The number of imidazole rings is 1. The largest absolute Gasteiger partial charge is 0.494 e. The first-order valence-electron chi connectivity index (χ1n) is 9.19. The molecule has 5 nitrogen and oxygen atoms in total. The molecule has 0 aliphatic carbocycles. The van der Waals surface area contributed by atoms with Crippen LogP contribution in [0, 0.1) is 0 Å². The summed E-state index contributed by atoms with van der Waals surface area (Å²) in [4.78, 5) is 18.8. The van der Waals surface area contributed by atoms with Gasteiger partial charge in [0.1, 0.15) is 11.6 Å². The van der Waals surface area contributed by atoms with Crippen molar-refractivity contribution in [2.24, 2.45) is 0 Å². The zero-order valence-corrected chi connectivity index (χ0v) is 15.3. The topological polar surface area (TPSA) is 75.2 Å². The number of hydrogen-bond acceptors (Lipinski definition) is 3. The molecular formula is C23H20N2O3. The Morgan fingerprint density at radius 3 is 2.54 bits per heavy atom. The van der Waals surface area contributed by atoms with E-state index < -0.39 is 5.97 Å². The second-order valence-electron chi connectivity index (χ2n) is 6.58. The lowest BCUT2D eigenvalue weighted by Gasteiger charge is -2.07. The van der Waals surface area contributed by atoms with Crippen molar-refractivity contribution in [1.82, 2.24) is 9.97 Å². The van der Waals surface area contributed by atoms with Gasteiger partial charge in [-0.25, -0.2) is 9.78 Å². The predicted molar refractivity (Wildman–Crippen MR) is 109 cm³/mol. The standard InChI is InChI=1S/C23H20N2O3/c26-23(27)18-10-13-20-21(15-18)25-22(24-20)17-8-11-19(12-9-17)28-14-4-7-16-5-2-1-3-6-16/h1-3,5-6,8-13,15H,4,7,14H2,(H,24,25)(H,26,27). The van der Waals surface area contributed by atoms with Crippen molar-refractivity contribution >= 4 is 17.0 Å². The Kier molecular flexibility index (Phi) is 5.06. The van der Waals surface area contributed by atoms with Gasteiger partial charge in [-0.3, -0.25) is 0 Å². The molecule has 140 valence electrons. The normalized spacial score (nSPS) is 10.9. The molecule has 0 bridgehead atoms. The number of benzene rings is 3. The number of aromatic nitrogens is 2. The van der Waals surface area contributed by atoms with Crippen LogP contribution in [0.1, 0.15) is 22.3 Å². The third-order valence-corrected chi connectivity index (χ3v) is 4.58. The fourth-order valence-electron chi connectivity index (χ4n) is 3.10. The number of carboxylic acid groups (broad SMARTS) is 1. The maximum absolute atomic E-state index is 11.1. The van der Waals surface area contributed by atoms with E-state index in [4.69, 9.17) is 9.84 Å². The number of ether oxygens (including phenoxy) is 1. The van der Waals surface area contributed by atoms with E-state index in [1.54, 1.807) is 18.2 Å². The van der Waals surface area contributed by atoms with Gasteiger partial charge < -0.3 is 14.8 Å². The van der Waals surface area contributed by atoms with Crippen LogP contribution in [0.25, 0.3) is 22.4 Å². The number of carbonyl (C=O) groups is 1. The molecule has 2 N–H and O–H groups in total. The summed E-state index contributed by atoms with van der Waals surface area (Å²) in [5.41, 5.74) is 3.91. The smallest absolute Gasteiger partial charge is 0.335 e. The summed E-state index contributed by atoms with van der Waals surface area (Å²) in [7, 11) is 0. The van der Waals surface area contributed by atoms with Gasteiger partial charge in [0.2, 0.25) is 0 Å². The fraction of sp³-hybridized carbons (Fsp3) is 0.130. The van der Waals surface area contributed by atoms with Crippen LogP contribution < -0.4 is 4.74 Å². The molecule has 0 unspecified atom stereocenters. The molecule has 28 heavy (non-hydrogen) atoms. The molecule has 5 heteroatoms. The van der Waals surface area contributed by atoms with Gasteiger partial charge in [0, 0.05) is 5.56 Å². The number of H-pyrrole nitrogens is 1. The SMILES string of the molecule is O=C(O)c1ccc2[nH]c(-c3ccc(OCCCc4ccccc4)cc3)nc2c1. The molecular weight excluding hydrogens is 352 g/mol. The highest BCUT2D eigenvalue weighted by molar-refractivity contribution is 5.93. The highest BCUT2D eigenvalue weighted by Crippen LogP contribution is 2.23. The molecule has 0 saturated heterocycles. The van der Waals surface area contributed by atoms with E-state index in [0.29, 0.717) is 17.9 Å². The summed E-state index contributed by atoms with van der Waals surface area (Å²) in [5.74, 6) is 0.564. The summed E-state index contributed by atoms with van der Waals surface area (Å²) in [6.45, 7) is 0.664. The lowest BCUT2D eigenvalue weighted by atomic mass is 10.1. The zero-order valence-electron chi connectivity index (χ0n) is 15.3. The molecule has 1 heterocycles. The molecule has 0 aliphatic heterocycles. The van der Waals surface area contributed by atoms with Crippen molar-refractivity contribution in [2.45, 2.75) is 12.8 Å². The van der Waals surface area contributed by atoms with Gasteiger partial charge in [0.15, 0.2) is 0 Å². The molecule has 4 rings (SSSR count). The third kappa shape index (κ3) is 4.04. The quantitative estimate of drug-likeness (QED) is 0.451. The zero-order chi connectivity index (χ0) is 19.3. The number of aromatic carboxylic acids is 1. The highest BCUT2D eigenvalue weighted by atomic mass is 16.5. The molecule has 1 aromatic heterocycles. The molecule has 0 atom stereocenters. The maximum Gasteiger partial charge on any atom is 0.335 e. The van der Waals surface area contributed by atoms with Gasteiger partial charge in [0.25, 0.3) is 0 Å². The molecule has 0 radical (unpaired) electrons. The number of nitrogens with one attached hydrogen (secondary N) is 1. The van der Waals surface area contributed by atoms with Crippen LogP contribution in [0.15, 0.2) is 72.8 Å². The van der Waals surface area contributed by atoms with E-state index in [0.717, 1.165) is 29.7 Å². The van der Waals surface area contributed by atoms with E-state index >= 15 is 0 Å². The van der Waals surface area contributed by atoms with Crippen molar-refractivity contribution in [3.63, 3.8) is 0 Å². The number of aryl methyl sites for hydroxylation is 1. The number of hydrogen-bond donors (Lipinski definition) is 2. The van der Waals surface area contributed by atoms with Gasteiger partial charge in [-0.1, -0.05) is 30.3 Å². The highest BCUT2D eigenvalue weighted by Gasteiger charge is 2.09. The van der Waals surface area contributed by atoms with Crippen molar-refractivity contribution in [3.8, 4) is 17.1 Å². The molecule has 0 fully saturated rings. The van der Waals surface area contributed by atoms with Crippen molar-refractivity contribution in [1.29, 1.82) is 0 Å². The van der Waals surface area contributed by atoms with E-state index in [-0.39, 0.29) is 5.56 Å². The van der Waals surface area contributed by atoms with Crippen LogP contribution in [0.3, 0.4) is 0 Å². The third-order valence-electron chi connectivity index (χ3n) is 4.58. The lowest BCUT2D eigenvalue weighted by Crippen LogP contribution is -1.99. The molecule has 4 aromatic rings. The van der Waals surface area contributed by atoms with E-state index in [9.17, 15) is 4.79 Å². The number of fused-ring (bicyclic) bond motifs is 1. The minimum atomic E-state index is -0.958. The Hall–Kier alpha value is -3.60. The number of rotatable bonds is 7.